The Morgan fingerprint density at radius 3 is 2.71 bits per heavy atom. The van der Waals surface area contributed by atoms with E-state index < -0.39 is 0 Å². The fourth-order valence-electron chi connectivity index (χ4n) is 2.85. The second-order valence-electron chi connectivity index (χ2n) is 5.53. The zero-order valence-electron chi connectivity index (χ0n) is 13.2. The Kier molecular flexibility index (Phi) is 3.88. The van der Waals surface area contributed by atoms with Crippen molar-refractivity contribution in [3.63, 3.8) is 0 Å². The Balaban J connectivity index is 1.77. The van der Waals surface area contributed by atoms with Gasteiger partial charge in [-0.15, -0.1) is 11.3 Å². The second-order valence-corrected chi connectivity index (χ2v) is 6.61. The van der Waals surface area contributed by atoms with E-state index in [9.17, 15) is 5.11 Å². The van der Waals surface area contributed by atoms with Crippen molar-refractivity contribution in [2.75, 3.05) is 13.8 Å². The van der Waals surface area contributed by atoms with E-state index in [2.05, 4.69) is 28.2 Å². The highest BCUT2D eigenvalue weighted by Crippen LogP contribution is 2.29. The van der Waals surface area contributed by atoms with Crippen molar-refractivity contribution >= 4 is 32.8 Å². The number of ether oxygens (including phenoxy) is 1. The average Bonchev–Trinajstić information content (AvgIpc) is 3.27. The quantitative estimate of drug-likeness (QED) is 0.790. The predicted molar refractivity (Wildman–Crippen MR) is 98.7 cm³/mol. The maximum Gasteiger partial charge on any atom is 0.131 e. The molecule has 1 aromatic heterocycles. The van der Waals surface area contributed by atoms with E-state index in [1.165, 1.54) is 10.1 Å². The highest BCUT2D eigenvalue weighted by atomic mass is 32.1. The summed E-state index contributed by atoms with van der Waals surface area (Å²) >= 11 is 1.72. The van der Waals surface area contributed by atoms with Crippen LogP contribution in [0, 0.1) is 0 Å². The van der Waals surface area contributed by atoms with Gasteiger partial charge in [0.25, 0.3) is 0 Å². The summed E-state index contributed by atoms with van der Waals surface area (Å²) in [4.78, 5) is 10.3. The molecule has 0 amide bonds. The molecule has 1 aliphatic rings. The molecule has 0 aliphatic carbocycles. The zero-order chi connectivity index (χ0) is 16.5. The molecule has 1 aliphatic heterocycles. The highest BCUT2D eigenvalue weighted by molar-refractivity contribution is 7.21. The molecule has 0 bridgehead atoms. The van der Waals surface area contributed by atoms with Crippen molar-refractivity contribution in [3.05, 3.63) is 64.5 Å². The van der Waals surface area contributed by atoms with Gasteiger partial charge in [0.1, 0.15) is 18.1 Å². The van der Waals surface area contributed by atoms with Crippen LogP contribution in [0.4, 0.5) is 0 Å². The molecule has 4 nitrogen and oxygen atoms in total. The molecule has 0 saturated heterocycles. The molecule has 2 aromatic carbocycles. The van der Waals surface area contributed by atoms with E-state index >= 15 is 0 Å². The Labute approximate surface area is 143 Å². The first-order valence-electron chi connectivity index (χ1n) is 7.66. The number of hydrogen-bond acceptors (Lipinski definition) is 5. The molecular formula is C19H16N2O2S. The van der Waals surface area contributed by atoms with Gasteiger partial charge in [-0.25, -0.2) is 0 Å². The van der Waals surface area contributed by atoms with Gasteiger partial charge in [0.15, 0.2) is 0 Å². The van der Waals surface area contributed by atoms with Crippen LogP contribution in [-0.4, -0.2) is 30.3 Å². The maximum atomic E-state index is 9.48. The minimum atomic E-state index is -0.0349. The lowest BCUT2D eigenvalue weighted by molar-refractivity contribution is 0.281. The summed E-state index contributed by atoms with van der Waals surface area (Å²) < 4.78 is 6.58. The SMILES string of the molecule is COc1cc(CO)cc(C2=NCN=C2c2cc3ccccc3s2)c1. The lowest BCUT2D eigenvalue weighted by Crippen LogP contribution is -2.13. The number of rotatable bonds is 4. The molecule has 0 spiro atoms. The fraction of sp³-hybridized carbons (Fsp3) is 0.158. The minimum absolute atomic E-state index is 0.0349. The Morgan fingerprint density at radius 2 is 1.92 bits per heavy atom. The van der Waals surface area contributed by atoms with Crippen LogP contribution in [0.15, 0.2) is 58.5 Å². The zero-order valence-corrected chi connectivity index (χ0v) is 14.0. The lowest BCUT2D eigenvalue weighted by Gasteiger charge is -2.09. The Hall–Kier alpha value is -2.50. The summed E-state index contributed by atoms with van der Waals surface area (Å²) in [6, 6.07) is 16.2. The van der Waals surface area contributed by atoms with E-state index in [0.717, 1.165) is 27.4 Å². The standard InChI is InChI=1S/C19H16N2O2S/c1-23-15-7-12(10-22)6-14(8-15)18-19(21-11-20-18)17-9-13-4-2-3-5-16(13)24-17/h2-9,22H,10-11H2,1H3. The molecule has 0 fully saturated rings. The van der Waals surface area contributed by atoms with E-state index in [-0.39, 0.29) is 6.61 Å². The molecular weight excluding hydrogens is 320 g/mol. The first-order valence-corrected chi connectivity index (χ1v) is 8.47. The van der Waals surface area contributed by atoms with Crippen molar-refractivity contribution in [2.24, 2.45) is 9.98 Å². The Morgan fingerprint density at radius 1 is 1.08 bits per heavy atom. The van der Waals surface area contributed by atoms with Crippen LogP contribution < -0.4 is 4.74 Å². The van der Waals surface area contributed by atoms with Gasteiger partial charge in [0, 0.05) is 10.3 Å². The molecule has 4 rings (SSSR count). The number of thiophene rings is 1. The summed E-state index contributed by atoms with van der Waals surface area (Å²) in [5.74, 6) is 0.710. The number of aliphatic hydroxyl groups is 1. The summed E-state index contributed by atoms with van der Waals surface area (Å²) in [5, 5.41) is 10.7. The van der Waals surface area contributed by atoms with Crippen LogP contribution in [0.25, 0.3) is 10.1 Å². The predicted octanol–water partition coefficient (Wildman–Crippen LogP) is 3.65. The van der Waals surface area contributed by atoms with Gasteiger partial charge in [0.05, 0.1) is 24.3 Å². The molecule has 0 atom stereocenters. The van der Waals surface area contributed by atoms with Crippen molar-refractivity contribution in [1.82, 2.24) is 0 Å². The largest absolute Gasteiger partial charge is 0.497 e. The average molecular weight is 336 g/mol. The molecule has 120 valence electrons. The van der Waals surface area contributed by atoms with Crippen molar-refractivity contribution in [1.29, 1.82) is 0 Å². The third kappa shape index (κ3) is 2.62. The van der Waals surface area contributed by atoms with Gasteiger partial charge in [-0.05, 0) is 41.3 Å². The number of benzene rings is 2. The molecule has 24 heavy (non-hydrogen) atoms. The van der Waals surface area contributed by atoms with E-state index in [0.29, 0.717) is 12.4 Å². The molecule has 5 heteroatoms. The van der Waals surface area contributed by atoms with Crippen LogP contribution in [0.2, 0.25) is 0 Å². The number of aliphatic hydroxyl groups excluding tert-OH is 1. The van der Waals surface area contributed by atoms with Crippen molar-refractivity contribution in [2.45, 2.75) is 6.61 Å². The van der Waals surface area contributed by atoms with Gasteiger partial charge in [-0.2, -0.15) is 0 Å². The van der Waals surface area contributed by atoms with Crippen LogP contribution in [0.3, 0.4) is 0 Å². The smallest absolute Gasteiger partial charge is 0.131 e. The maximum absolute atomic E-state index is 9.48. The van der Waals surface area contributed by atoms with Crippen LogP contribution >= 0.6 is 11.3 Å². The fourth-order valence-corrected chi connectivity index (χ4v) is 3.93. The van der Waals surface area contributed by atoms with Crippen molar-refractivity contribution in [3.8, 4) is 5.75 Å². The van der Waals surface area contributed by atoms with Gasteiger partial charge in [-0.1, -0.05) is 18.2 Å². The first kappa shape index (κ1) is 15.1. The number of hydrogen-bond donors (Lipinski definition) is 1. The van der Waals surface area contributed by atoms with Crippen LogP contribution in [0.5, 0.6) is 5.75 Å². The first-order chi connectivity index (χ1) is 11.8. The van der Waals surface area contributed by atoms with Crippen LogP contribution in [0.1, 0.15) is 16.0 Å². The number of methoxy groups -OCH3 is 1. The summed E-state index contributed by atoms with van der Waals surface area (Å²) in [7, 11) is 1.62. The van der Waals surface area contributed by atoms with E-state index in [4.69, 9.17) is 4.74 Å². The molecule has 1 N–H and O–H groups in total. The number of fused-ring (bicyclic) bond motifs is 1. The molecule has 0 saturated carbocycles. The van der Waals surface area contributed by atoms with Gasteiger partial charge >= 0.3 is 0 Å². The summed E-state index contributed by atoms with van der Waals surface area (Å²) in [6.07, 6.45) is 0. The normalized spacial score (nSPS) is 13.9. The number of aliphatic imine (C=N–C) groups is 2. The second kappa shape index (κ2) is 6.19. The van der Waals surface area contributed by atoms with Gasteiger partial charge in [-0.3, -0.25) is 9.98 Å². The monoisotopic (exact) mass is 336 g/mol. The van der Waals surface area contributed by atoms with E-state index in [1.807, 2.05) is 30.3 Å². The molecule has 0 unspecified atom stereocenters. The third-order valence-electron chi connectivity index (χ3n) is 4.00. The number of nitrogens with zero attached hydrogens (tertiary/aromatic N) is 2. The van der Waals surface area contributed by atoms with Gasteiger partial charge < -0.3 is 9.84 Å². The highest BCUT2D eigenvalue weighted by Gasteiger charge is 2.21. The van der Waals surface area contributed by atoms with Crippen molar-refractivity contribution < 1.29 is 9.84 Å². The molecule has 0 radical (unpaired) electrons. The molecule has 3 aromatic rings. The van der Waals surface area contributed by atoms with Crippen LogP contribution in [-0.2, 0) is 6.61 Å². The minimum Gasteiger partial charge on any atom is -0.497 e. The van der Waals surface area contributed by atoms with Gasteiger partial charge in [0.2, 0.25) is 0 Å². The topological polar surface area (TPSA) is 54.2 Å². The summed E-state index contributed by atoms with van der Waals surface area (Å²) in [6.45, 7) is 0.400. The summed E-state index contributed by atoms with van der Waals surface area (Å²) in [5.41, 5.74) is 3.49. The van der Waals surface area contributed by atoms with E-state index in [1.54, 1.807) is 18.4 Å². The lowest BCUT2D eigenvalue weighted by atomic mass is 10.0. The third-order valence-corrected chi connectivity index (χ3v) is 5.12. The Bertz CT molecular complexity index is 917. The molecule has 2 heterocycles.